The van der Waals surface area contributed by atoms with Gasteiger partial charge in [0.1, 0.15) is 5.75 Å². The molecule has 1 aromatic heterocycles. The minimum atomic E-state index is -0.317. The number of aromatic hydroxyl groups is 1. The summed E-state index contributed by atoms with van der Waals surface area (Å²) in [5.74, 6) is 1.15. The van der Waals surface area contributed by atoms with E-state index in [-0.39, 0.29) is 5.72 Å². The molecule has 1 aliphatic heterocycles. The molecule has 5 heteroatoms. The summed E-state index contributed by atoms with van der Waals surface area (Å²) in [5, 5.41) is 16.7. The van der Waals surface area contributed by atoms with Crippen molar-refractivity contribution in [2.24, 2.45) is 0 Å². The highest BCUT2D eigenvalue weighted by Crippen LogP contribution is 2.33. The van der Waals surface area contributed by atoms with E-state index in [1.165, 1.54) is 6.42 Å². The molecule has 0 aliphatic carbocycles. The fourth-order valence-corrected chi connectivity index (χ4v) is 4.19. The first-order valence-electron chi connectivity index (χ1n) is 8.67. The van der Waals surface area contributed by atoms with Crippen LogP contribution in [0, 0.1) is 0 Å². The minimum absolute atomic E-state index is 0.317. The third-order valence-corrected chi connectivity index (χ3v) is 5.83. The van der Waals surface area contributed by atoms with Crippen LogP contribution in [0.2, 0.25) is 0 Å². The molecule has 2 aromatic carbocycles. The fourth-order valence-electron chi connectivity index (χ4n) is 3.31. The zero-order chi connectivity index (χ0) is 17.3. The van der Waals surface area contributed by atoms with Gasteiger partial charge in [-0.3, -0.25) is 0 Å². The first-order chi connectivity index (χ1) is 12.1. The molecule has 1 fully saturated rings. The summed E-state index contributed by atoms with van der Waals surface area (Å²) < 4.78 is 7.91. The molecule has 1 saturated heterocycles. The van der Waals surface area contributed by atoms with Gasteiger partial charge in [-0.2, -0.15) is 5.10 Å². The summed E-state index contributed by atoms with van der Waals surface area (Å²) in [6, 6.07) is 11.9. The highest BCUT2D eigenvalue weighted by molar-refractivity contribution is 7.98. The van der Waals surface area contributed by atoms with Crippen LogP contribution in [0.4, 0.5) is 0 Å². The summed E-state index contributed by atoms with van der Waals surface area (Å²) in [4.78, 5) is 1.06. The van der Waals surface area contributed by atoms with Crippen LogP contribution in [0.1, 0.15) is 31.7 Å². The second-order valence-corrected chi connectivity index (χ2v) is 7.77. The molecule has 0 bridgehead atoms. The van der Waals surface area contributed by atoms with E-state index in [1.807, 2.05) is 41.2 Å². The number of fused-ring (bicyclic) bond motifs is 1. The van der Waals surface area contributed by atoms with Crippen molar-refractivity contribution in [3.63, 3.8) is 0 Å². The van der Waals surface area contributed by atoms with Crippen molar-refractivity contribution in [2.45, 2.75) is 42.6 Å². The number of benzene rings is 2. The van der Waals surface area contributed by atoms with Crippen molar-refractivity contribution in [3.05, 3.63) is 54.4 Å². The van der Waals surface area contributed by atoms with Crippen LogP contribution >= 0.6 is 11.8 Å². The number of phenolic OH excluding ortho intramolecular Hbond substituents is 1. The van der Waals surface area contributed by atoms with Gasteiger partial charge in [0.2, 0.25) is 0 Å². The van der Waals surface area contributed by atoms with Gasteiger partial charge in [0.25, 0.3) is 0 Å². The van der Waals surface area contributed by atoms with E-state index in [2.05, 4.69) is 24.3 Å². The lowest BCUT2D eigenvalue weighted by molar-refractivity contribution is -0.131. The highest BCUT2D eigenvalue weighted by Gasteiger charge is 2.30. The number of nitrogens with zero attached hydrogens (tertiary/aromatic N) is 2. The van der Waals surface area contributed by atoms with E-state index in [4.69, 9.17) is 4.74 Å². The molecule has 0 unspecified atom stereocenters. The van der Waals surface area contributed by atoms with Crippen molar-refractivity contribution in [1.82, 2.24) is 9.78 Å². The zero-order valence-electron chi connectivity index (χ0n) is 14.3. The van der Waals surface area contributed by atoms with Crippen LogP contribution in [0.15, 0.2) is 53.7 Å². The average Bonchev–Trinajstić information content (AvgIpc) is 3.11. The normalized spacial score (nSPS) is 20.8. The van der Waals surface area contributed by atoms with Crippen LogP contribution in [0.3, 0.4) is 0 Å². The van der Waals surface area contributed by atoms with Crippen LogP contribution in [-0.4, -0.2) is 21.5 Å². The van der Waals surface area contributed by atoms with E-state index < -0.39 is 0 Å². The molecule has 0 radical (unpaired) electrons. The molecular weight excluding hydrogens is 332 g/mol. The molecule has 25 heavy (non-hydrogen) atoms. The molecule has 4 nitrogen and oxygen atoms in total. The molecule has 0 saturated carbocycles. The molecule has 2 heterocycles. The maximum atomic E-state index is 10.2. The van der Waals surface area contributed by atoms with Crippen LogP contribution in [0.5, 0.6) is 5.75 Å². The van der Waals surface area contributed by atoms with Gasteiger partial charge < -0.3 is 9.84 Å². The zero-order valence-corrected chi connectivity index (χ0v) is 15.1. The van der Waals surface area contributed by atoms with Crippen molar-refractivity contribution in [1.29, 1.82) is 0 Å². The number of ether oxygens (including phenoxy) is 1. The summed E-state index contributed by atoms with van der Waals surface area (Å²) in [6.07, 6.45) is 7.30. The summed E-state index contributed by atoms with van der Waals surface area (Å²) in [7, 11) is 0. The van der Waals surface area contributed by atoms with Gasteiger partial charge in [-0.15, -0.1) is 11.8 Å². The fraction of sp³-hybridized carbons (Fsp3) is 0.350. The lowest BCUT2D eigenvalue weighted by Gasteiger charge is -2.34. The van der Waals surface area contributed by atoms with Gasteiger partial charge >= 0.3 is 0 Å². The van der Waals surface area contributed by atoms with Gasteiger partial charge in [-0.1, -0.05) is 24.3 Å². The van der Waals surface area contributed by atoms with E-state index in [0.717, 1.165) is 46.4 Å². The molecule has 1 aliphatic rings. The Morgan fingerprint density at radius 1 is 1.28 bits per heavy atom. The van der Waals surface area contributed by atoms with Crippen LogP contribution in [-0.2, 0) is 16.2 Å². The molecular formula is C20H22N2O2S. The Balaban J connectivity index is 1.49. The largest absolute Gasteiger partial charge is 0.507 e. The third-order valence-electron chi connectivity index (χ3n) is 4.79. The number of hydrogen-bond acceptors (Lipinski definition) is 4. The predicted molar refractivity (Wildman–Crippen MR) is 101 cm³/mol. The third kappa shape index (κ3) is 3.39. The Morgan fingerprint density at radius 3 is 3.00 bits per heavy atom. The summed E-state index contributed by atoms with van der Waals surface area (Å²) >= 11 is 1.71. The minimum Gasteiger partial charge on any atom is -0.507 e. The van der Waals surface area contributed by atoms with Crippen LogP contribution < -0.4 is 0 Å². The number of aromatic nitrogens is 2. The van der Waals surface area contributed by atoms with Crippen molar-refractivity contribution in [2.75, 3.05) is 6.61 Å². The van der Waals surface area contributed by atoms with Crippen molar-refractivity contribution < 1.29 is 9.84 Å². The van der Waals surface area contributed by atoms with Crippen molar-refractivity contribution >= 4 is 22.5 Å². The topological polar surface area (TPSA) is 47.3 Å². The molecule has 0 spiro atoms. The monoisotopic (exact) mass is 354 g/mol. The Labute approximate surface area is 151 Å². The van der Waals surface area contributed by atoms with Gasteiger partial charge in [-0.05, 0) is 43.7 Å². The van der Waals surface area contributed by atoms with Gasteiger partial charge in [0.15, 0.2) is 5.72 Å². The molecule has 0 amide bonds. The standard InChI is InChI=1S/C20H22N2O2S/c1-20(8-4-5-9-24-20)22-13-15(12-21-22)14-25-17-10-16-6-2-3-7-18(16)19(23)11-17/h2-3,6-7,10-13,23H,4-5,8-9,14H2,1H3/t20-/m0/s1. The second kappa shape index (κ2) is 6.73. The SMILES string of the molecule is C[C@@]1(n2cc(CSc3cc(O)c4ccccc4c3)cn2)CCCCO1. The lowest BCUT2D eigenvalue weighted by atomic mass is 10.1. The van der Waals surface area contributed by atoms with E-state index in [9.17, 15) is 5.11 Å². The smallest absolute Gasteiger partial charge is 0.158 e. The maximum Gasteiger partial charge on any atom is 0.158 e. The Morgan fingerprint density at radius 2 is 2.16 bits per heavy atom. The maximum absolute atomic E-state index is 10.2. The second-order valence-electron chi connectivity index (χ2n) is 6.73. The molecule has 130 valence electrons. The predicted octanol–water partition coefficient (Wildman–Crippen LogP) is 4.91. The molecule has 4 rings (SSSR count). The van der Waals surface area contributed by atoms with Gasteiger partial charge in [0, 0.05) is 34.4 Å². The van der Waals surface area contributed by atoms with E-state index in [1.54, 1.807) is 11.8 Å². The van der Waals surface area contributed by atoms with Gasteiger partial charge in [0.05, 0.1) is 6.20 Å². The lowest BCUT2D eigenvalue weighted by Crippen LogP contribution is -2.36. The highest BCUT2D eigenvalue weighted by atomic mass is 32.2. The molecule has 1 atom stereocenters. The molecule has 1 N–H and O–H groups in total. The first kappa shape index (κ1) is 16.5. The summed E-state index contributed by atoms with van der Waals surface area (Å²) in [6.45, 7) is 2.91. The number of thioether (sulfide) groups is 1. The van der Waals surface area contributed by atoms with Crippen LogP contribution in [0.25, 0.3) is 10.8 Å². The van der Waals surface area contributed by atoms with Gasteiger partial charge in [-0.25, -0.2) is 4.68 Å². The number of phenols is 1. The quantitative estimate of drug-likeness (QED) is 0.677. The van der Waals surface area contributed by atoms with Crippen molar-refractivity contribution in [3.8, 4) is 5.75 Å². The average molecular weight is 354 g/mol. The Hall–Kier alpha value is -1.98. The van der Waals surface area contributed by atoms with E-state index in [0.29, 0.717) is 5.75 Å². The van der Waals surface area contributed by atoms with E-state index >= 15 is 0 Å². The first-order valence-corrected chi connectivity index (χ1v) is 9.65. The Kier molecular flexibility index (Phi) is 4.44. The Bertz CT molecular complexity index is 884. The molecule has 3 aromatic rings. The summed E-state index contributed by atoms with van der Waals surface area (Å²) in [5.41, 5.74) is 0.843. The number of hydrogen-bond donors (Lipinski definition) is 1. The number of rotatable bonds is 4.